The standard InChI is InChI=1S/C29H32F7N3O3/c1-15-16(2)22(30)6-5-21(15)24-14-27(8-7-23(37-27)25(40)41)9-10-39(24)26(42)38(4)17(3)18-11-19(28(31,32)33)13-20(12-18)29(34,35)36/h5-6,11-13,17,23-24,37H,7-10,14H2,1-4H3,(H,40,41)/p-1/t17-,23?,24-,27-/m1/s1. The molecule has 1 N–H and O–H groups in total. The van der Waals surface area contributed by atoms with Gasteiger partial charge in [-0.15, -0.1) is 0 Å². The lowest BCUT2D eigenvalue weighted by atomic mass is 9.78. The van der Waals surface area contributed by atoms with Crippen molar-refractivity contribution in [3.05, 3.63) is 69.5 Å². The Bertz CT molecular complexity index is 1350. The first-order chi connectivity index (χ1) is 19.3. The molecule has 0 bridgehead atoms. The van der Waals surface area contributed by atoms with E-state index in [0.29, 0.717) is 48.1 Å². The number of carbonyl (C=O) groups excluding carboxylic acids is 2. The molecule has 230 valence electrons. The fourth-order valence-corrected chi connectivity index (χ4v) is 6.03. The predicted molar refractivity (Wildman–Crippen MR) is 136 cm³/mol. The molecule has 2 aromatic rings. The third kappa shape index (κ3) is 6.06. The molecule has 13 heteroatoms. The monoisotopic (exact) mass is 602 g/mol. The van der Waals surface area contributed by atoms with Crippen LogP contribution in [0.4, 0.5) is 35.5 Å². The van der Waals surface area contributed by atoms with E-state index in [4.69, 9.17) is 0 Å². The SMILES string of the molecule is Cc1c(F)ccc([C@H]2C[C@@]3(CCC(C(=O)[O-])N3)CCN2C(=O)N(C)[C@H](C)c2cc(C(F)(F)F)cc(C(F)(F)F)c2)c1C. The van der Waals surface area contributed by atoms with Crippen molar-refractivity contribution in [2.75, 3.05) is 13.6 Å². The van der Waals surface area contributed by atoms with Gasteiger partial charge in [0.15, 0.2) is 0 Å². The molecule has 4 atom stereocenters. The van der Waals surface area contributed by atoms with E-state index in [1.54, 1.807) is 19.9 Å². The van der Waals surface area contributed by atoms with Crippen LogP contribution in [-0.2, 0) is 17.1 Å². The second-order valence-electron chi connectivity index (χ2n) is 11.3. The van der Waals surface area contributed by atoms with E-state index in [0.717, 1.165) is 4.90 Å². The van der Waals surface area contributed by atoms with Gasteiger partial charge in [0, 0.05) is 25.2 Å². The number of amides is 2. The molecule has 2 heterocycles. The number of hydrogen-bond donors (Lipinski definition) is 1. The first-order valence-electron chi connectivity index (χ1n) is 13.4. The molecule has 2 saturated heterocycles. The van der Waals surface area contributed by atoms with E-state index in [2.05, 4.69) is 5.32 Å². The maximum absolute atomic E-state index is 14.3. The summed E-state index contributed by atoms with van der Waals surface area (Å²) in [5.74, 6) is -1.70. The zero-order valence-electron chi connectivity index (χ0n) is 23.4. The average molecular weight is 603 g/mol. The summed E-state index contributed by atoms with van der Waals surface area (Å²) in [5, 5.41) is 14.7. The third-order valence-corrected chi connectivity index (χ3v) is 8.81. The number of nitrogens with one attached hydrogen (secondary N) is 1. The summed E-state index contributed by atoms with van der Waals surface area (Å²) in [7, 11) is 1.30. The van der Waals surface area contributed by atoms with Crippen LogP contribution in [0.1, 0.15) is 78.1 Å². The van der Waals surface area contributed by atoms with Gasteiger partial charge in [-0.3, -0.25) is 0 Å². The summed E-state index contributed by atoms with van der Waals surface area (Å²) in [4.78, 5) is 28.0. The quantitative estimate of drug-likeness (QED) is 0.458. The van der Waals surface area contributed by atoms with Crippen LogP contribution in [0.15, 0.2) is 30.3 Å². The number of halogens is 7. The van der Waals surface area contributed by atoms with E-state index in [9.17, 15) is 45.4 Å². The van der Waals surface area contributed by atoms with Gasteiger partial charge in [-0.05, 0) is 93.0 Å². The highest BCUT2D eigenvalue weighted by molar-refractivity contribution is 5.76. The number of hydrogen-bond acceptors (Lipinski definition) is 4. The highest BCUT2D eigenvalue weighted by Gasteiger charge is 2.47. The summed E-state index contributed by atoms with van der Waals surface area (Å²) in [5.41, 5.74) is -2.42. The molecule has 4 rings (SSSR count). The molecule has 2 amide bonds. The molecule has 2 aliphatic heterocycles. The van der Waals surface area contributed by atoms with Crippen molar-refractivity contribution in [3.63, 3.8) is 0 Å². The Morgan fingerprint density at radius 1 is 1.02 bits per heavy atom. The van der Waals surface area contributed by atoms with Gasteiger partial charge in [0.2, 0.25) is 0 Å². The summed E-state index contributed by atoms with van der Waals surface area (Å²) in [6.45, 7) is 4.72. The Labute approximate surface area is 238 Å². The number of urea groups is 1. The molecule has 2 fully saturated rings. The average Bonchev–Trinajstić information content (AvgIpc) is 3.33. The first kappa shape index (κ1) is 31.6. The van der Waals surface area contributed by atoms with Gasteiger partial charge < -0.3 is 25.0 Å². The van der Waals surface area contributed by atoms with Crippen LogP contribution in [0.3, 0.4) is 0 Å². The molecule has 2 aliphatic rings. The number of rotatable bonds is 4. The Hall–Kier alpha value is -3.35. The van der Waals surface area contributed by atoms with Crippen LogP contribution in [0.2, 0.25) is 0 Å². The Balaban J connectivity index is 1.70. The second kappa shape index (κ2) is 11.1. The molecular formula is C29H31F7N3O3-. The first-order valence-corrected chi connectivity index (χ1v) is 13.4. The third-order valence-electron chi connectivity index (χ3n) is 8.81. The maximum atomic E-state index is 14.3. The Kier molecular flexibility index (Phi) is 8.31. The molecule has 0 radical (unpaired) electrons. The fourth-order valence-electron chi connectivity index (χ4n) is 6.03. The number of piperidine rings is 1. The van der Waals surface area contributed by atoms with Gasteiger partial charge in [-0.25, -0.2) is 9.18 Å². The van der Waals surface area contributed by atoms with Crippen molar-refractivity contribution in [1.82, 2.24) is 15.1 Å². The zero-order chi connectivity index (χ0) is 31.4. The summed E-state index contributed by atoms with van der Waals surface area (Å²) >= 11 is 0. The van der Waals surface area contributed by atoms with E-state index in [1.165, 1.54) is 24.9 Å². The van der Waals surface area contributed by atoms with Crippen molar-refractivity contribution in [2.24, 2.45) is 0 Å². The fraction of sp³-hybridized carbons (Fsp3) is 0.517. The maximum Gasteiger partial charge on any atom is 0.416 e. The number of carboxylic acids is 1. The molecule has 42 heavy (non-hydrogen) atoms. The molecule has 6 nitrogen and oxygen atoms in total. The molecule has 0 aromatic heterocycles. The number of likely N-dealkylation sites (tertiary alicyclic amines) is 1. The van der Waals surface area contributed by atoms with Crippen LogP contribution >= 0.6 is 0 Å². The van der Waals surface area contributed by atoms with Crippen molar-refractivity contribution in [1.29, 1.82) is 0 Å². The Morgan fingerprint density at radius 2 is 1.62 bits per heavy atom. The molecule has 1 spiro atoms. The minimum Gasteiger partial charge on any atom is -0.548 e. The summed E-state index contributed by atoms with van der Waals surface area (Å²) in [6.07, 6.45) is -8.67. The molecular weight excluding hydrogens is 571 g/mol. The second-order valence-corrected chi connectivity index (χ2v) is 11.3. The van der Waals surface area contributed by atoms with Crippen LogP contribution in [0, 0.1) is 19.7 Å². The lowest BCUT2D eigenvalue weighted by Crippen LogP contribution is -2.57. The minimum absolute atomic E-state index is 0.0340. The molecule has 1 unspecified atom stereocenters. The zero-order valence-corrected chi connectivity index (χ0v) is 23.4. The van der Waals surface area contributed by atoms with Crippen LogP contribution in [0.25, 0.3) is 0 Å². The largest absolute Gasteiger partial charge is 0.548 e. The lowest BCUT2D eigenvalue weighted by molar-refractivity contribution is -0.308. The summed E-state index contributed by atoms with van der Waals surface area (Å²) in [6, 6.07) is 0.650. The van der Waals surface area contributed by atoms with Gasteiger partial charge in [-0.1, -0.05) is 6.07 Å². The lowest BCUT2D eigenvalue weighted by Gasteiger charge is -2.47. The number of carboxylic acid groups (broad SMARTS) is 1. The normalized spacial score (nSPS) is 23.7. The smallest absolute Gasteiger partial charge is 0.416 e. The van der Waals surface area contributed by atoms with Crippen molar-refractivity contribution in [3.8, 4) is 0 Å². The van der Waals surface area contributed by atoms with Crippen molar-refractivity contribution >= 4 is 12.0 Å². The number of alkyl halides is 6. The number of carbonyl (C=O) groups is 2. The predicted octanol–water partition coefficient (Wildman–Crippen LogP) is 5.67. The van der Waals surface area contributed by atoms with E-state index in [1.807, 2.05) is 0 Å². The van der Waals surface area contributed by atoms with Crippen LogP contribution < -0.4 is 10.4 Å². The topological polar surface area (TPSA) is 75.7 Å². The van der Waals surface area contributed by atoms with Gasteiger partial charge in [0.1, 0.15) is 5.82 Å². The van der Waals surface area contributed by atoms with Crippen molar-refractivity contribution < 1.29 is 45.4 Å². The minimum atomic E-state index is -5.04. The number of benzene rings is 2. The molecule has 0 saturated carbocycles. The van der Waals surface area contributed by atoms with Crippen molar-refractivity contribution in [2.45, 2.75) is 82.5 Å². The number of nitrogens with zero attached hydrogens (tertiary/aromatic N) is 2. The van der Waals surface area contributed by atoms with E-state index >= 15 is 0 Å². The van der Waals surface area contributed by atoms with Gasteiger partial charge in [0.05, 0.1) is 29.2 Å². The number of aliphatic carboxylic acids is 1. The molecule has 0 aliphatic carbocycles. The van der Waals surface area contributed by atoms with E-state index in [-0.39, 0.29) is 24.6 Å². The summed E-state index contributed by atoms with van der Waals surface area (Å²) < 4.78 is 95.2. The highest BCUT2D eigenvalue weighted by Crippen LogP contribution is 2.45. The Morgan fingerprint density at radius 3 is 2.14 bits per heavy atom. The van der Waals surface area contributed by atoms with Gasteiger partial charge >= 0.3 is 18.4 Å². The van der Waals surface area contributed by atoms with Crippen LogP contribution in [-0.4, -0.2) is 47.0 Å². The van der Waals surface area contributed by atoms with Gasteiger partial charge in [-0.2, -0.15) is 26.3 Å². The van der Waals surface area contributed by atoms with E-state index < -0.39 is 65.0 Å². The highest BCUT2D eigenvalue weighted by atomic mass is 19.4. The van der Waals surface area contributed by atoms with Gasteiger partial charge in [0.25, 0.3) is 0 Å². The molecule has 2 aromatic carbocycles. The van der Waals surface area contributed by atoms with Crippen LogP contribution in [0.5, 0.6) is 0 Å².